The zero-order valence-corrected chi connectivity index (χ0v) is 14.9. The summed E-state index contributed by atoms with van der Waals surface area (Å²) in [4.78, 5) is 25.1. The van der Waals surface area contributed by atoms with Crippen LogP contribution in [0.3, 0.4) is 0 Å². The molecular weight excluding hydrogens is 373 g/mol. The van der Waals surface area contributed by atoms with E-state index in [2.05, 4.69) is 5.32 Å². The van der Waals surface area contributed by atoms with Crippen LogP contribution in [-0.4, -0.2) is 55.2 Å². The molecule has 0 radical (unpaired) electrons. The minimum atomic E-state index is -4.54. The Bertz CT molecular complexity index is 655. The quantitative estimate of drug-likeness (QED) is 0.688. The van der Waals surface area contributed by atoms with Gasteiger partial charge in [-0.1, -0.05) is 11.8 Å². The molecular formula is C16H19F3N2O4S. The number of carbonyl (C=O) groups excluding carboxylic acids is 2. The third-order valence-electron chi connectivity index (χ3n) is 3.58. The Kier molecular flexibility index (Phi) is 7.15. The summed E-state index contributed by atoms with van der Waals surface area (Å²) in [5.41, 5.74) is -0.957. The molecule has 0 aromatic heterocycles. The smallest absolute Gasteiger partial charge is 0.416 e. The van der Waals surface area contributed by atoms with E-state index in [0.717, 1.165) is 18.2 Å². The number of alkyl halides is 3. The first-order valence-electron chi connectivity index (χ1n) is 7.86. The Balaban J connectivity index is 2.05. The van der Waals surface area contributed by atoms with Crippen LogP contribution in [0.1, 0.15) is 12.0 Å². The molecule has 2 rings (SSSR count). The normalized spacial score (nSPS) is 14.6. The molecule has 0 saturated carbocycles. The number of nitrogens with zero attached hydrogens (tertiary/aromatic N) is 1. The van der Waals surface area contributed by atoms with E-state index in [-0.39, 0.29) is 42.9 Å². The van der Waals surface area contributed by atoms with E-state index >= 15 is 0 Å². The van der Waals surface area contributed by atoms with Crippen LogP contribution in [0.2, 0.25) is 0 Å². The molecule has 144 valence electrons. The Morgan fingerprint density at radius 1 is 1.35 bits per heavy atom. The van der Waals surface area contributed by atoms with Gasteiger partial charge in [0.2, 0.25) is 5.91 Å². The standard InChI is InChI=1S/C16H19F3N2O4S/c1-24-7-8-25-13-3-2-11(16(17,18)19)10-12(13)20-14(22)4-5-21-6-9-26-15(21)23/h2-3,10H,4-9H2,1H3,(H,20,22). The third-order valence-corrected chi connectivity index (χ3v) is 4.47. The summed E-state index contributed by atoms with van der Waals surface area (Å²) < 4.78 is 49.0. The van der Waals surface area contributed by atoms with Crippen LogP contribution in [0.25, 0.3) is 0 Å². The SMILES string of the molecule is COCCOc1ccc(C(F)(F)F)cc1NC(=O)CCN1CCSC1=O. The highest BCUT2D eigenvalue weighted by molar-refractivity contribution is 8.13. The minimum Gasteiger partial charge on any atom is -0.489 e. The molecule has 6 nitrogen and oxygen atoms in total. The highest BCUT2D eigenvalue weighted by Crippen LogP contribution is 2.35. The van der Waals surface area contributed by atoms with Gasteiger partial charge in [0.25, 0.3) is 5.24 Å². The summed E-state index contributed by atoms with van der Waals surface area (Å²) in [5.74, 6) is 0.299. The van der Waals surface area contributed by atoms with E-state index in [1.165, 1.54) is 23.8 Å². The van der Waals surface area contributed by atoms with Crippen LogP contribution in [0.4, 0.5) is 23.7 Å². The zero-order chi connectivity index (χ0) is 19.2. The molecule has 0 unspecified atom stereocenters. The molecule has 1 aromatic carbocycles. The van der Waals surface area contributed by atoms with E-state index in [1.807, 2.05) is 0 Å². The van der Waals surface area contributed by atoms with E-state index in [9.17, 15) is 22.8 Å². The molecule has 1 aliphatic heterocycles. The highest BCUT2D eigenvalue weighted by atomic mass is 32.2. The molecule has 2 amide bonds. The average Bonchev–Trinajstić information content (AvgIpc) is 2.98. The van der Waals surface area contributed by atoms with Gasteiger partial charge in [-0.25, -0.2) is 0 Å². The second-order valence-corrected chi connectivity index (χ2v) is 6.50. The molecule has 0 atom stereocenters. The molecule has 10 heteroatoms. The van der Waals surface area contributed by atoms with Crippen LogP contribution in [0, 0.1) is 0 Å². The predicted octanol–water partition coefficient (Wildman–Crippen LogP) is 3.23. The number of ether oxygens (including phenoxy) is 2. The Hall–Kier alpha value is -1.94. The van der Waals surface area contributed by atoms with E-state index in [0.29, 0.717) is 12.3 Å². The van der Waals surface area contributed by atoms with Crippen LogP contribution in [0.15, 0.2) is 18.2 Å². The fraction of sp³-hybridized carbons (Fsp3) is 0.500. The summed E-state index contributed by atoms with van der Waals surface area (Å²) in [5, 5.41) is 2.34. The third kappa shape index (κ3) is 5.80. The number of carbonyl (C=O) groups is 2. The van der Waals surface area contributed by atoms with Gasteiger partial charge >= 0.3 is 6.18 Å². The number of hydrogen-bond donors (Lipinski definition) is 1. The van der Waals surface area contributed by atoms with Crippen molar-refractivity contribution in [3.63, 3.8) is 0 Å². The molecule has 0 aliphatic carbocycles. The van der Waals surface area contributed by atoms with Gasteiger partial charge in [-0.3, -0.25) is 9.59 Å². The van der Waals surface area contributed by atoms with Crippen molar-refractivity contribution < 1.29 is 32.2 Å². The number of methoxy groups -OCH3 is 1. The first kappa shape index (κ1) is 20.4. The fourth-order valence-electron chi connectivity index (χ4n) is 2.24. The molecule has 26 heavy (non-hydrogen) atoms. The van der Waals surface area contributed by atoms with Gasteiger partial charge in [0.1, 0.15) is 12.4 Å². The van der Waals surface area contributed by atoms with Crippen LogP contribution in [-0.2, 0) is 15.7 Å². The second-order valence-electron chi connectivity index (χ2n) is 5.45. The van der Waals surface area contributed by atoms with Gasteiger partial charge in [-0.15, -0.1) is 0 Å². The first-order chi connectivity index (χ1) is 12.3. The molecule has 0 bridgehead atoms. The Morgan fingerprint density at radius 3 is 2.73 bits per heavy atom. The van der Waals surface area contributed by atoms with Gasteiger partial charge in [-0.05, 0) is 18.2 Å². The maximum Gasteiger partial charge on any atom is 0.416 e. The maximum atomic E-state index is 12.9. The van der Waals surface area contributed by atoms with Gasteiger partial charge < -0.3 is 19.7 Å². The number of hydrogen-bond acceptors (Lipinski definition) is 5. The van der Waals surface area contributed by atoms with Crippen molar-refractivity contribution in [1.29, 1.82) is 0 Å². The van der Waals surface area contributed by atoms with Gasteiger partial charge in [0, 0.05) is 32.4 Å². The number of anilines is 1. The lowest BCUT2D eigenvalue weighted by molar-refractivity contribution is -0.137. The van der Waals surface area contributed by atoms with E-state index in [1.54, 1.807) is 0 Å². The van der Waals surface area contributed by atoms with Crippen LogP contribution >= 0.6 is 11.8 Å². The van der Waals surface area contributed by atoms with Crippen molar-refractivity contribution in [1.82, 2.24) is 4.90 Å². The fourth-order valence-corrected chi connectivity index (χ4v) is 3.09. The van der Waals surface area contributed by atoms with Gasteiger partial charge in [0.15, 0.2) is 0 Å². The number of amides is 2. The molecule has 1 saturated heterocycles. The summed E-state index contributed by atoms with van der Waals surface area (Å²) in [6.07, 6.45) is -4.55. The van der Waals surface area contributed by atoms with Crippen molar-refractivity contribution in [2.75, 3.05) is 44.5 Å². The summed E-state index contributed by atoms with van der Waals surface area (Å²) in [6, 6.07) is 2.88. The number of benzene rings is 1. The highest BCUT2D eigenvalue weighted by Gasteiger charge is 2.31. The van der Waals surface area contributed by atoms with Crippen molar-refractivity contribution in [3.8, 4) is 5.75 Å². The number of rotatable bonds is 8. The molecule has 1 N–H and O–H groups in total. The summed E-state index contributed by atoms with van der Waals surface area (Å²) in [7, 11) is 1.47. The van der Waals surface area contributed by atoms with Crippen LogP contribution in [0.5, 0.6) is 5.75 Å². The number of nitrogens with one attached hydrogen (secondary N) is 1. The zero-order valence-electron chi connectivity index (χ0n) is 14.1. The van der Waals surface area contributed by atoms with Gasteiger partial charge in [-0.2, -0.15) is 13.2 Å². The molecule has 1 fully saturated rings. The molecule has 1 heterocycles. The van der Waals surface area contributed by atoms with Crippen molar-refractivity contribution in [3.05, 3.63) is 23.8 Å². The average molecular weight is 392 g/mol. The van der Waals surface area contributed by atoms with Crippen molar-refractivity contribution >= 4 is 28.6 Å². The molecule has 0 spiro atoms. The lowest BCUT2D eigenvalue weighted by atomic mass is 10.1. The van der Waals surface area contributed by atoms with Gasteiger partial charge in [0.05, 0.1) is 17.9 Å². The maximum absolute atomic E-state index is 12.9. The topological polar surface area (TPSA) is 67.9 Å². The second kappa shape index (κ2) is 9.13. The van der Waals surface area contributed by atoms with E-state index < -0.39 is 17.6 Å². The lowest BCUT2D eigenvalue weighted by Crippen LogP contribution is -2.28. The predicted molar refractivity (Wildman–Crippen MR) is 91.5 cm³/mol. The summed E-state index contributed by atoms with van der Waals surface area (Å²) >= 11 is 1.18. The minimum absolute atomic E-state index is 0.0138. The Labute approximate surface area is 153 Å². The lowest BCUT2D eigenvalue weighted by Gasteiger charge is -2.17. The first-order valence-corrected chi connectivity index (χ1v) is 8.84. The largest absolute Gasteiger partial charge is 0.489 e. The molecule has 1 aliphatic rings. The number of halogens is 3. The monoisotopic (exact) mass is 392 g/mol. The Morgan fingerprint density at radius 2 is 2.12 bits per heavy atom. The van der Waals surface area contributed by atoms with Crippen molar-refractivity contribution in [2.45, 2.75) is 12.6 Å². The van der Waals surface area contributed by atoms with Crippen molar-refractivity contribution in [2.24, 2.45) is 0 Å². The van der Waals surface area contributed by atoms with E-state index in [4.69, 9.17) is 9.47 Å². The molecule has 1 aromatic rings. The van der Waals surface area contributed by atoms with Crippen LogP contribution < -0.4 is 10.1 Å². The number of thioether (sulfide) groups is 1. The summed E-state index contributed by atoms with van der Waals surface area (Å²) in [6.45, 7) is 1.16.